The van der Waals surface area contributed by atoms with Crippen molar-refractivity contribution in [3.63, 3.8) is 0 Å². The molecule has 3 heteroatoms. The lowest BCUT2D eigenvalue weighted by Gasteiger charge is -2.16. The summed E-state index contributed by atoms with van der Waals surface area (Å²) in [6.07, 6.45) is 4.11. The maximum atomic E-state index is 11.5. The van der Waals surface area contributed by atoms with E-state index in [4.69, 9.17) is 0 Å². The molecular weight excluding hydrogens is 164 g/mol. The van der Waals surface area contributed by atoms with Gasteiger partial charge in [-0.25, -0.2) is 0 Å². The van der Waals surface area contributed by atoms with Gasteiger partial charge in [0.15, 0.2) is 0 Å². The Bertz CT molecular complexity index is 185. The number of hydrogen-bond acceptors (Lipinski definition) is 2. The van der Waals surface area contributed by atoms with Crippen LogP contribution in [0.5, 0.6) is 0 Å². The van der Waals surface area contributed by atoms with E-state index in [1.807, 2.05) is 11.8 Å². The van der Waals surface area contributed by atoms with E-state index >= 15 is 0 Å². The molecule has 0 aromatic carbocycles. The molecule has 0 bridgehead atoms. The molecule has 1 aliphatic rings. The summed E-state index contributed by atoms with van der Waals surface area (Å²) in [7, 11) is 0. The van der Waals surface area contributed by atoms with E-state index in [-0.39, 0.29) is 11.9 Å². The summed E-state index contributed by atoms with van der Waals surface area (Å²) in [5, 5.41) is 3.10. The van der Waals surface area contributed by atoms with Gasteiger partial charge in [-0.3, -0.25) is 4.79 Å². The molecule has 1 amide bonds. The Morgan fingerprint density at radius 3 is 2.77 bits per heavy atom. The molecule has 1 atom stereocenters. The van der Waals surface area contributed by atoms with Crippen molar-refractivity contribution in [2.45, 2.75) is 25.8 Å². The minimum absolute atomic E-state index is 0.214. The van der Waals surface area contributed by atoms with Gasteiger partial charge in [-0.15, -0.1) is 6.58 Å². The normalized spacial score (nSPS) is 18.7. The van der Waals surface area contributed by atoms with Crippen molar-refractivity contribution in [3.05, 3.63) is 12.7 Å². The average molecular weight is 182 g/mol. The van der Waals surface area contributed by atoms with Gasteiger partial charge in [-0.05, 0) is 19.8 Å². The van der Waals surface area contributed by atoms with E-state index in [0.29, 0.717) is 6.54 Å². The van der Waals surface area contributed by atoms with Crippen LogP contribution in [0.15, 0.2) is 12.7 Å². The zero-order valence-electron chi connectivity index (χ0n) is 8.25. The van der Waals surface area contributed by atoms with Crippen LogP contribution in [0.2, 0.25) is 0 Å². The fraction of sp³-hybridized carbons (Fsp3) is 0.700. The van der Waals surface area contributed by atoms with Crippen molar-refractivity contribution in [2.24, 2.45) is 0 Å². The Labute approximate surface area is 79.8 Å². The van der Waals surface area contributed by atoms with Crippen molar-refractivity contribution >= 4 is 5.91 Å². The predicted molar refractivity (Wildman–Crippen MR) is 53.5 cm³/mol. The molecule has 1 aliphatic heterocycles. The van der Waals surface area contributed by atoms with E-state index in [0.717, 1.165) is 25.9 Å². The summed E-state index contributed by atoms with van der Waals surface area (Å²) in [5.41, 5.74) is 0. The average Bonchev–Trinajstić information content (AvgIpc) is 2.66. The maximum absolute atomic E-state index is 11.5. The van der Waals surface area contributed by atoms with Crippen LogP contribution >= 0.6 is 0 Å². The standard InChI is InChI=1S/C10H18N2O/c1-3-9(2)11-8-10(13)12-6-4-5-7-12/h3,9,11H,1,4-8H2,2H3. The molecule has 0 radical (unpaired) electrons. The van der Waals surface area contributed by atoms with E-state index in [2.05, 4.69) is 11.9 Å². The molecule has 0 spiro atoms. The first-order valence-corrected chi connectivity index (χ1v) is 4.87. The molecular formula is C10H18N2O. The van der Waals surface area contributed by atoms with Crippen molar-refractivity contribution in [1.82, 2.24) is 10.2 Å². The Kier molecular flexibility index (Phi) is 3.96. The highest BCUT2D eigenvalue weighted by molar-refractivity contribution is 5.78. The summed E-state index contributed by atoms with van der Waals surface area (Å²) < 4.78 is 0. The third-order valence-electron chi connectivity index (χ3n) is 2.39. The van der Waals surface area contributed by atoms with Crippen molar-refractivity contribution < 1.29 is 4.79 Å². The number of nitrogens with one attached hydrogen (secondary N) is 1. The van der Waals surface area contributed by atoms with Crippen LogP contribution < -0.4 is 5.32 Å². The summed E-state index contributed by atoms with van der Waals surface area (Å²) in [5.74, 6) is 0.214. The first-order valence-electron chi connectivity index (χ1n) is 4.87. The fourth-order valence-corrected chi connectivity index (χ4v) is 1.41. The quantitative estimate of drug-likeness (QED) is 0.651. The lowest BCUT2D eigenvalue weighted by atomic mass is 10.3. The smallest absolute Gasteiger partial charge is 0.236 e. The highest BCUT2D eigenvalue weighted by Gasteiger charge is 2.17. The van der Waals surface area contributed by atoms with Gasteiger partial charge in [0.1, 0.15) is 0 Å². The van der Waals surface area contributed by atoms with E-state index in [9.17, 15) is 4.79 Å². The number of nitrogens with zero attached hydrogens (tertiary/aromatic N) is 1. The minimum atomic E-state index is 0.214. The molecule has 0 aromatic heterocycles. The van der Waals surface area contributed by atoms with E-state index in [1.165, 1.54) is 0 Å². The first-order chi connectivity index (χ1) is 6.24. The Balaban J connectivity index is 2.20. The molecule has 1 rings (SSSR count). The zero-order valence-corrected chi connectivity index (χ0v) is 8.25. The summed E-state index contributed by atoms with van der Waals surface area (Å²) in [6.45, 7) is 7.94. The van der Waals surface area contributed by atoms with Gasteiger partial charge in [0.05, 0.1) is 6.54 Å². The Morgan fingerprint density at radius 1 is 1.62 bits per heavy atom. The second kappa shape index (κ2) is 5.02. The molecule has 74 valence electrons. The van der Waals surface area contributed by atoms with Crippen molar-refractivity contribution in [1.29, 1.82) is 0 Å². The highest BCUT2D eigenvalue weighted by Crippen LogP contribution is 2.06. The largest absolute Gasteiger partial charge is 0.342 e. The van der Waals surface area contributed by atoms with Crippen LogP contribution in [-0.2, 0) is 4.79 Å². The summed E-state index contributed by atoms with van der Waals surface area (Å²) >= 11 is 0. The zero-order chi connectivity index (χ0) is 9.68. The summed E-state index contributed by atoms with van der Waals surface area (Å²) in [4.78, 5) is 13.4. The van der Waals surface area contributed by atoms with Gasteiger partial charge in [0.25, 0.3) is 0 Å². The first kappa shape index (κ1) is 10.3. The lowest BCUT2D eigenvalue weighted by molar-refractivity contribution is -0.129. The minimum Gasteiger partial charge on any atom is -0.342 e. The molecule has 1 unspecified atom stereocenters. The Hall–Kier alpha value is -0.830. The number of carbonyl (C=O) groups excluding carboxylic acids is 1. The molecule has 13 heavy (non-hydrogen) atoms. The number of likely N-dealkylation sites (tertiary alicyclic amines) is 1. The van der Waals surface area contributed by atoms with Gasteiger partial charge in [-0.1, -0.05) is 6.08 Å². The third-order valence-corrected chi connectivity index (χ3v) is 2.39. The molecule has 3 nitrogen and oxygen atoms in total. The molecule has 0 aliphatic carbocycles. The van der Waals surface area contributed by atoms with Crippen molar-refractivity contribution in [3.8, 4) is 0 Å². The molecule has 0 aromatic rings. The van der Waals surface area contributed by atoms with E-state index < -0.39 is 0 Å². The molecule has 1 fully saturated rings. The molecule has 1 heterocycles. The number of rotatable bonds is 4. The molecule has 0 saturated carbocycles. The lowest BCUT2D eigenvalue weighted by Crippen LogP contribution is -2.38. The number of carbonyl (C=O) groups is 1. The van der Waals surface area contributed by atoms with Gasteiger partial charge in [0, 0.05) is 19.1 Å². The van der Waals surface area contributed by atoms with Gasteiger partial charge >= 0.3 is 0 Å². The van der Waals surface area contributed by atoms with Crippen LogP contribution in [0, 0.1) is 0 Å². The van der Waals surface area contributed by atoms with Gasteiger partial charge in [0.2, 0.25) is 5.91 Å². The highest BCUT2D eigenvalue weighted by atomic mass is 16.2. The van der Waals surface area contributed by atoms with Crippen molar-refractivity contribution in [2.75, 3.05) is 19.6 Å². The van der Waals surface area contributed by atoms with Gasteiger partial charge in [-0.2, -0.15) is 0 Å². The summed E-state index contributed by atoms with van der Waals surface area (Å²) in [6, 6.07) is 0.214. The third kappa shape index (κ3) is 3.19. The predicted octanol–water partition coefficient (Wildman–Crippen LogP) is 0.773. The van der Waals surface area contributed by atoms with Crippen LogP contribution in [0.1, 0.15) is 19.8 Å². The van der Waals surface area contributed by atoms with E-state index in [1.54, 1.807) is 6.08 Å². The molecule has 1 saturated heterocycles. The van der Waals surface area contributed by atoms with Crippen LogP contribution in [0.4, 0.5) is 0 Å². The second-order valence-corrected chi connectivity index (χ2v) is 3.49. The Morgan fingerprint density at radius 2 is 2.23 bits per heavy atom. The molecule has 1 N–H and O–H groups in total. The van der Waals surface area contributed by atoms with Crippen LogP contribution in [-0.4, -0.2) is 36.5 Å². The van der Waals surface area contributed by atoms with Crippen LogP contribution in [0.25, 0.3) is 0 Å². The number of hydrogen-bond donors (Lipinski definition) is 1. The maximum Gasteiger partial charge on any atom is 0.236 e. The van der Waals surface area contributed by atoms with Gasteiger partial charge < -0.3 is 10.2 Å². The number of amides is 1. The second-order valence-electron chi connectivity index (χ2n) is 3.49. The fourth-order valence-electron chi connectivity index (χ4n) is 1.41. The SMILES string of the molecule is C=CC(C)NCC(=O)N1CCCC1. The monoisotopic (exact) mass is 182 g/mol. The topological polar surface area (TPSA) is 32.3 Å². The van der Waals surface area contributed by atoms with Crippen LogP contribution in [0.3, 0.4) is 0 Å².